The molecule has 5 heteroatoms. The Morgan fingerprint density at radius 2 is 2.18 bits per heavy atom. The molecule has 1 aromatic carbocycles. The lowest BCUT2D eigenvalue weighted by molar-refractivity contribution is -0.136. The number of amides is 1. The molecule has 17 heavy (non-hydrogen) atoms. The van der Waals surface area contributed by atoms with E-state index in [0.29, 0.717) is 0 Å². The maximum Gasteiger partial charge on any atom is 0.305 e. The summed E-state index contributed by atoms with van der Waals surface area (Å²) in [4.78, 5) is 23.4. The van der Waals surface area contributed by atoms with E-state index in [0.717, 1.165) is 16.2 Å². The van der Waals surface area contributed by atoms with E-state index in [4.69, 9.17) is 5.11 Å². The summed E-state index contributed by atoms with van der Waals surface area (Å²) < 4.78 is 0. The number of aliphatic carboxylic acids is 1. The summed E-state index contributed by atoms with van der Waals surface area (Å²) in [6, 6.07) is 7.83. The molecule has 0 saturated carbocycles. The van der Waals surface area contributed by atoms with Gasteiger partial charge in [-0.15, -0.1) is 11.8 Å². The minimum absolute atomic E-state index is 0.0345. The Hall–Kier alpha value is -1.49. The summed E-state index contributed by atoms with van der Waals surface area (Å²) in [7, 11) is 0. The highest BCUT2D eigenvalue weighted by Crippen LogP contribution is 2.39. The number of carboxylic acids is 1. The summed E-state index contributed by atoms with van der Waals surface area (Å²) in [5.41, 5.74) is 1.05. The average Bonchev–Trinajstić information content (AvgIpc) is 2.72. The highest BCUT2D eigenvalue weighted by molar-refractivity contribution is 7.99. The second-order valence-electron chi connectivity index (χ2n) is 3.84. The van der Waals surface area contributed by atoms with E-state index in [1.54, 1.807) is 11.8 Å². The van der Waals surface area contributed by atoms with Crippen LogP contribution in [0.2, 0.25) is 0 Å². The molecule has 0 aromatic heterocycles. The SMILES string of the molecule is O=C(O)CCNC(=O)[C@@H]1CSc2ccccc21. The van der Waals surface area contributed by atoms with Crippen molar-refractivity contribution >= 4 is 23.6 Å². The van der Waals surface area contributed by atoms with Crippen LogP contribution in [0.25, 0.3) is 0 Å². The molecule has 0 unspecified atom stereocenters. The third-order valence-electron chi connectivity index (χ3n) is 2.65. The fourth-order valence-electron chi connectivity index (χ4n) is 1.80. The van der Waals surface area contributed by atoms with Crippen LogP contribution >= 0.6 is 11.8 Å². The summed E-state index contributed by atoms with van der Waals surface area (Å²) in [5.74, 6) is -0.390. The van der Waals surface area contributed by atoms with Crippen LogP contribution in [0.15, 0.2) is 29.2 Å². The largest absolute Gasteiger partial charge is 0.481 e. The van der Waals surface area contributed by atoms with Crippen molar-refractivity contribution < 1.29 is 14.7 Å². The Morgan fingerprint density at radius 1 is 1.41 bits per heavy atom. The fraction of sp³-hybridized carbons (Fsp3) is 0.333. The van der Waals surface area contributed by atoms with Crippen LogP contribution in [0.3, 0.4) is 0 Å². The third kappa shape index (κ3) is 2.79. The topological polar surface area (TPSA) is 66.4 Å². The zero-order valence-corrected chi connectivity index (χ0v) is 10.00. The number of hydrogen-bond donors (Lipinski definition) is 2. The zero-order valence-electron chi connectivity index (χ0n) is 9.18. The molecule has 90 valence electrons. The summed E-state index contributed by atoms with van der Waals surface area (Å²) in [5, 5.41) is 11.2. The lowest BCUT2D eigenvalue weighted by Crippen LogP contribution is -2.31. The summed E-state index contributed by atoms with van der Waals surface area (Å²) >= 11 is 1.67. The van der Waals surface area contributed by atoms with Crippen molar-refractivity contribution in [2.45, 2.75) is 17.2 Å². The summed E-state index contributed by atoms with van der Waals surface area (Å²) in [6.45, 7) is 0.192. The van der Waals surface area contributed by atoms with Crippen molar-refractivity contribution in [3.05, 3.63) is 29.8 Å². The number of benzene rings is 1. The predicted octanol–water partition coefficient (Wildman–Crippen LogP) is 1.47. The van der Waals surface area contributed by atoms with Gasteiger partial charge in [0.1, 0.15) is 0 Å². The van der Waals surface area contributed by atoms with Crippen molar-refractivity contribution in [2.24, 2.45) is 0 Å². The second kappa shape index (κ2) is 5.23. The lowest BCUT2D eigenvalue weighted by atomic mass is 10.0. The van der Waals surface area contributed by atoms with Gasteiger partial charge in [0.2, 0.25) is 5.91 Å². The van der Waals surface area contributed by atoms with Gasteiger partial charge in [-0.3, -0.25) is 9.59 Å². The molecule has 1 heterocycles. The molecule has 0 bridgehead atoms. The van der Waals surface area contributed by atoms with Crippen LogP contribution in [0, 0.1) is 0 Å². The van der Waals surface area contributed by atoms with Crippen molar-refractivity contribution in [1.29, 1.82) is 0 Å². The Morgan fingerprint density at radius 3 is 2.94 bits per heavy atom. The van der Waals surface area contributed by atoms with Crippen LogP contribution in [0.5, 0.6) is 0 Å². The van der Waals surface area contributed by atoms with Crippen LogP contribution in [0.4, 0.5) is 0 Å². The fourth-order valence-corrected chi connectivity index (χ4v) is 3.02. The van der Waals surface area contributed by atoms with Crippen molar-refractivity contribution in [1.82, 2.24) is 5.32 Å². The highest BCUT2D eigenvalue weighted by atomic mass is 32.2. The normalized spacial score (nSPS) is 17.5. The Kier molecular flexibility index (Phi) is 3.68. The first-order chi connectivity index (χ1) is 8.18. The monoisotopic (exact) mass is 251 g/mol. The number of carbonyl (C=O) groups is 2. The number of carboxylic acid groups (broad SMARTS) is 1. The molecule has 2 rings (SSSR count). The molecular weight excluding hydrogens is 238 g/mol. The van der Waals surface area contributed by atoms with Crippen LogP contribution < -0.4 is 5.32 Å². The van der Waals surface area contributed by atoms with E-state index in [9.17, 15) is 9.59 Å². The highest BCUT2D eigenvalue weighted by Gasteiger charge is 2.28. The van der Waals surface area contributed by atoms with Gasteiger partial charge in [-0.1, -0.05) is 18.2 Å². The van der Waals surface area contributed by atoms with Gasteiger partial charge in [-0.05, 0) is 11.6 Å². The van der Waals surface area contributed by atoms with Gasteiger partial charge in [-0.25, -0.2) is 0 Å². The standard InChI is InChI=1S/C12H13NO3S/c14-11(15)5-6-13-12(16)9-7-17-10-4-2-1-3-8(9)10/h1-4,9H,5-7H2,(H,13,16)(H,14,15)/t9-/m1/s1. The predicted molar refractivity (Wildman–Crippen MR) is 65.2 cm³/mol. The number of rotatable bonds is 4. The van der Waals surface area contributed by atoms with E-state index in [2.05, 4.69) is 5.32 Å². The molecule has 1 amide bonds. The molecule has 0 fully saturated rings. The number of thioether (sulfide) groups is 1. The lowest BCUT2D eigenvalue weighted by Gasteiger charge is -2.10. The van der Waals surface area contributed by atoms with Gasteiger partial charge in [-0.2, -0.15) is 0 Å². The van der Waals surface area contributed by atoms with Gasteiger partial charge >= 0.3 is 5.97 Å². The Balaban J connectivity index is 1.96. The molecule has 0 radical (unpaired) electrons. The first kappa shape index (κ1) is 12.0. The van der Waals surface area contributed by atoms with Crippen molar-refractivity contribution in [3.8, 4) is 0 Å². The zero-order chi connectivity index (χ0) is 12.3. The molecule has 1 aliphatic rings. The van der Waals surface area contributed by atoms with Gasteiger partial charge in [0.05, 0.1) is 12.3 Å². The van der Waals surface area contributed by atoms with Gasteiger partial charge in [0, 0.05) is 17.2 Å². The minimum atomic E-state index is -0.897. The molecule has 0 saturated heterocycles. The first-order valence-electron chi connectivity index (χ1n) is 5.39. The second-order valence-corrected chi connectivity index (χ2v) is 4.90. The Bertz CT molecular complexity index is 447. The molecule has 0 aliphatic carbocycles. The molecular formula is C12H13NO3S. The van der Waals surface area contributed by atoms with Gasteiger partial charge in [0.15, 0.2) is 0 Å². The van der Waals surface area contributed by atoms with Crippen LogP contribution in [-0.2, 0) is 9.59 Å². The molecule has 1 aromatic rings. The van der Waals surface area contributed by atoms with Crippen LogP contribution in [0.1, 0.15) is 17.9 Å². The van der Waals surface area contributed by atoms with E-state index in [1.165, 1.54) is 0 Å². The van der Waals surface area contributed by atoms with E-state index in [-0.39, 0.29) is 24.8 Å². The summed E-state index contributed by atoms with van der Waals surface area (Å²) in [6.07, 6.45) is -0.0345. The molecule has 1 atom stereocenters. The maximum atomic E-state index is 11.9. The van der Waals surface area contributed by atoms with Crippen molar-refractivity contribution in [3.63, 3.8) is 0 Å². The van der Waals surface area contributed by atoms with Crippen molar-refractivity contribution in [2.75, 3.05) is 12.3 Å². The molecule has 4 nitrogen and oxygen atoms in total. The van der Waals surface area contributed by atoms with E-state index < -0.39 is 5.97 Å². The third-order valence-corrected chi connectivity index (χ3v) is 3.84. The number of hydrogen-bond acceptors (Lipinski definition) is 3. The minimum Gasteiger partial charge on any atom is -0.481 e. The average molecular weight is 251 g/mol. The quantitative estimate of drug-likeness (QED) is 0.850. The van der Waals surface area contributed by atoms with E-state index in [1.807, 2.05) is 24.3 Å². The maximum absolute atomic E-state index is 11.9. The molecule has 2 N–H and O–H groups in total. The van der Waals surface area contributed by atoms with Gasteiger partial charge < -0.3 is 10.4 Å². The smallest absolute Gasteiger partial charge is 0.305 e. The molecule has 1 aliphatic heterocycles. The number of nitrogens with one attached hydrogen (secondary N) is 1. The number of fused-ring (bicyclic) bond motifs is 1. The Labute approximate surface area is 103 Å². The van der Waals surface area contributed by atoms with E-state index >= 15 is 0 Å². The van der Waals surface area contributed by atoms with Gasteiger partial charge in [0.25, 0.3) is 0 Å². The number of carbonyl (C=O) groups excluding carboxylic acids is 1. The first-order valence-corrected chi connectivity index (χ1v) is 6.38. The molecule has 0 spiro atoms. The van der Waals surface area contributed by atoms with Crippen LogP contribution in [-0.4, -0.2) is 29.3 Å².